The summed E-state index contributed by atoms with van der Waals surface area (Å²) in [5.41, 5.74) is 3.09. The molecule has 1 aliphatic rings. The van der Waals surface area contributed by atoms with Crippen LogP contribution in [-0.4, -0.2) is 26.6 Å². The highest BCUT2D eigenvalue weighted by molar-refractivity contribution is 7.91. The van der Waals surface area contributed by atoms with Crippen LogP contribution in [0.25, 0.3) is 0 Å². The van der Waals surface area contributed by atoms with E-state index in [-0.39, 0.29) is 21.5 Å². The van der Waals surface area contributed by atoms with Crippen LogP contribution in [0.5, 0.6) is 5.75 Å². The standard InChI is InChI=1S/C22H21NO3S/c24-21-14-19-17(11-12-23-15-20(19)16-7-3-1-4-8-16)13-22(21)27(25,26)18-9-5-2-6-10-18/h1-10,13-14,20,23-24H,11-12,15H2. The fraction of sp³-hybridized carbons (Fsp3) is 0.182. The predicted molar refractivity (Wildman–Crippen MR) is 105 cm³/mol. The van der Waals surface area contributed by atoms with Crippen LogP contribution < -0.4 is 5.32 Å². The van der Waals surface area contributed by atoms with Gasteiger partial charge in [0.1, 0.15) is 10.6 Å². The van der Waals surface area contributed by atoms with Gasteiger partial charge in [-0.05, 0) is 53.9 Å². The molecule has 138 valence electrons. The monoisotopic (exact) mass is 379 g/mol. The van der Waals surface area contributed by atoms with E-state index in [1.54, 1.807) is 42.5 Å². The lowest BCUT2D eigenvalue weighted by atomic mass is 9.88. The normalized spacial score (nSPS) is 17.1. The van der Waals surface area contributed by atoms with Gasteiger partial charge < -0.3 is 10.4 Å². The van der Waals surface area contributed by atoms with E-state index in [9.17, 15) is 13.5 Å². The van der Waals surface area contributed by atoms with Crippen molar-refractivity contribution < 1.29 is 13.5 Å². The maximum Gasteiger partial charge on any atom is 0.210 e. The number of fused-ring (bicyclic) bond motifs is 1. The minimum absolute atomic E-state index is 0.0267. The van der Waals surface area contributed by atoms with Gasteiger partial charge in [-0.15, -0.1) is 0 Å². The average molecular weight is 379 g/mol. The second kappa shape index (κ2) is 7.18. The van der Waals surface area contributed by atoms with Gasteiger partial charge in [-0.3, -0.25) is 0 Å². The summed E-state index contributed by atoms with van der Waals surface area (Å²) < 4.78 is 26.0. The summed E-state index contributed by atoms with van der Waals surface area (Å²) in [6, 6.07) is 21.6. The SMILES string of the molecule is O=S(=O)(c1ccccc1)c1cc2c(cc1O)C(c1ccccc1)CNCC2. The minimum Gasteiger partial charge on any atom is -0.507 e. The van der Waals surface area contributed by atoms with Crippen molar-refractivity contribution >= 4 is 9.84 Å². The van der Waals surface area contributed by atoms with Crippen LogP contribution in [0.15, 0.2) is 82.6 Å². The van der Waals surface area contributed by atoms with E-state index in [0.717, 1.165) is 36.2 Å². The lowest BCUT2D eigenvalue weighted by Crippen LogP contribution is -2.20. The molecule has 1 atom stereocenters. The van der Waals surface area contributed by atoms with Gasteiger partial charge in [0.05, 0.1) is 4.90 Å². The van der Waals surface area contributed by atoms with Crippen LogP contribution in [0.1, 0.15) is 22.6 Å². The summed E-state index contributed by atoms with van der Waals surface area (Å²) in [4.78, 5) is 0.160. The van der Waals surface area contributed by atoms with E-state index in [1.807, 2.05) is 18.2 Å². The molecule has 0 saturated carbocycles. The number of sulfone groups is 1. The van der Waals surface area contributed by atoms with Gasteiger partial charge in [-0.2, -0.15) is 0 Å². The van der Waals surface area contributed by atoms with Crippen LogP contribution in [0.4, 0.5) is 0 Å². The summed E-state index contributed by atoms with van der Waals surface area (Å²) in [5.74, 6) is -0.122. The number of rotatable bonds is 3. The van der Waals surface area contributed by atoms with E-state index in [0.29, 0.717) is 0 Å². The number of aromatic hydroxyl groups is 1. The maximum absolute atomic E-state index is 13.0. The van der Waals surface area contributed by atoms with Crippen LogP contribution in [-0.2, 0) is 16.3 Å². The lowest BCUT2D eigenvalue weighted by Gasteiger charge is -2.20. The molecule has 1 heterocycles. The fourth-order valence-electron chi connectivity index (χ4n) is 3.67. The Balaban J connectivity index is 1.84. The predicted octanol–water partition coefficient (Wildman–Crippen LogP) is 3.50. The number of phenolic OH excluding ortho intramolecular Hbond substituents is 1. The molecule has 0 bridgehead atoms. The van der Waals surface area contributed by atoms with Crippen molar-refractivity contribution in [3.63, 3.8) is 0 Å². The molecule has 0 amide bonds. The highest BCUT2D eigenvalue weighted by atomic mass is 32.2. The first-order valence-electron chi connectivity index (χ1n) is 8.99. The van der Waals surface area contributed by atoms with Crippen molar-refractivity contribution in [2.75, 3.05) is 13.1 Å². The molecule has 0 saturated heterocycles. The highest BCUT2D eigenvalue weighted by Crippen LogP contribution is 2.37. The summed E-state index contributed by atoms with van der Waals surface area (Å²) in [6.07, 6.45) is 0.719. The zero-order chi connectivity index (χ0) is 18.9. The Morgan fingerprint density at radius 3 is 2.30 bits per heavy atom. The van der Waals surface area contributed by atoms with Gasteiger partial charge in [0.25, 0.3) is 0 Å². The van der Waals surface area contributed by atoms with E-state index in [2.05, 4.69) is 17.4 Å². The molecule has 4 nitrogen and oxygen atoms in total. The van der Waals surface area contributed by atoms with Crippen LogP contribution in [0, 0.1) is 0 Å². The fourth-order valence-corrected chi connectivity index (χ4v) is 5.07. The Labute approximate surface area is 159 Å². The van der Waals surface area contributed by atoms with E-state index < -0.39 is 9.84 Å². The first-order chi connectivity index (χ1) is 13.1. The van der Waals surface area contributed by atoms with E-state index >= 15 is 0 Å². The van der Waals surface area contributed by atoms with Gasteiger partial charge in [-0.1, -0.05) is 48.5 Å². The summed E-state index contributed by atoms with van der Waals surface area (Å²) >= 11 is 0. The number of benzene rings is 3. The van der Waals surface area contributed by atoms with Gasteiger partial charge in [0, 0.05) is 12.5 Å². The smallest absolute Gasteiger partial charge is 0.210 e. The first kappa shape index (κ1) is 17.8. The van der Waals surface area contributed by atoms with Crippen molar-refractivity contribution in [3.05, 3.63) is 89.5 Å². The molecule has 2 N–H and O–H groups in total. The van der Waals surface area contributed by atoms with Gasteiger partial charge in [0.2, 0.25) is 9.84 Å². The molecule has 4 rings (SSSR count). The Bertz CT molecular complexity index is 1050. The third-order valence-electron chi connectivity index (χ3n) is 5.06. The molecule has 5 heteroatoms. The summed E-state index contributed by atoms with van der Waals surface area (Å²) in [7, 11) is -3.77. The van der Waals surface area contributed by atoms with Crippen LogP contribution >= 0.6 is 0 Å². The number of hydrogen-bond acceptors (Lipinski definition) is 4. The first-order valence-corrected chi connectivity index (χ1v) is 10.5. The van der Waals surface area contributed by atoms with Crippen molar-refractivity contribution in [1.29, 1.82) is 0 Å². The Morgan fingerprint density at radius 1 is 0.926 bits per heavy atom. The molecule has 0 aliphatic carbocycles. The van der Waals surface area contributed by atoms with Crippen LogP contribution in [0.2, 0.25) is 0 Å². The van der Waals surface area contributed by atoms with E-state index in [1.165, 1.54) is 0 Å². The van der Waals surface area contributed by atoms with Gasteiger partial charge in [-0.25, -0.2) is 8.42 Å². The maximum atomic E-state index is 13.0. The van der Waals surface area contributed by atoms with Crippen molar-refractivity contribution in [2.24, 2.45) is 0 Å². The van der Waals surface area contributed by atoms with Crippen molar-refractivity contribution in [3.8, 4) is 5.75 Å². The topological polar surface area (TPSA) is 66.4 Å². The zero-order valence-electron chi connectivity index (χ0n) is 14.8. The quantitative estimate of drug-likeness (QED) is 0.731. The molecule has 1 unspecified atom stereocenters. The molecule has 0 radical (unpaired) electrons. The number of phenols is 1. The number of hydrogen-bond donors (Lipinski definition) is 2. The highest BCUT2D eigenvalue weighted by Gasteiger charge is 2.27. The molecule has 1 aliphatic heterocycles. The molecular formula is C22H21NO3S. The molecule has 0 fully saturated rings. The second-order valence-corrected chi connectivity index (χ2v) is 8.67. The summed E-state index contributed by atoms with van der Waals surface area (Å²) in [6.45, 7) is 1.52. The molecular weight excluding hydrogens is 358 g/mol. The van der Waals surface area contributed by atoms with Gasteiger partial charge >= 0.3 is 0 Å². The second-order valence-electron chi connectivity index (χ2n) is 6.75. The Morgan fingerprint density at radius 2 is 1.59 bits per heavy atom. The third-order valence-corrected chi connectivity index (χ3v) is 6.86. The molecule has 0 spiro atoms. The lowest BCUT2D eigenvalue weighted by molar-refractivity contribution is 0.457. The molecule has 0 aromatic heterocycles. The molecule has 27 heavy (non-hydrogen) atoms. The van der Waals surface area contributed by atoms with E-state index in [4.69, 9.17) is 0 Å². The van der Waals surface area contributed by atoms with Crippen LogP contribution in [0.3, 0.4) is 0 Å². The average Bonchev–Trinajstić information content (AvgIpc) is 2.90. The Hall–Kier alpha value is -2.63. The largest absolute Gasteiger partial charge is 0.507 e. The number of nitrogens with one attached hydrogen (secondary N) is 1. The minimum atomic E-state index is -3.77. The van der Waals surface area contributed by atoms with Crippen molar-refractivity contribution in [2.45, 2.75) is 22.1 Å². The van der Waals surface area contributed by atoms with Gasteiger partial charge in [0.15, 0.2) is 0 Å². The zero-order valence-corrected chi connectivity index (χ0v) is 15.6. The summed E-state index contributed by atoms with van der Waals surface area (Å²) in [5, 5.41) is 14.0. The van der Waals surface area contributed by atoms with Crippen molar-refractivity contribution in [1.82, 2.24) is 5.32 Å². The molecule has 3 aromatic rings. The third kappa shape index (κ3) is 3.36. The Kier molecular flexibility index (Phi) is 4.72. The molecule has 3 aromatic carbocycles.